The number of aromatic nitrogens is 1. The second kappa shape index (κ2) is 4.83. The maximum absolute atomic E-state index is 12.4. The molecular weight excluding hydrogens is 276 g/mol. The van der Waals surface area contributed by atoms with E-state index >= 15 is 0 Å². The van der Waals surface area contributed by atoms with Crippen molar-refractivity contribution < 1.29 is 12.9 Å². The Morgan fingerprint density at radius 1 is 1.39 bits per heavy atom. The van der Waals surface area contributed by atoms with E-state index in [1.54, 1.807) is 13.8 Å². The lowest BCUT2D eigenvalue weighted by Gasteiger charge is -2.27. The maximum Gasteiger partial charge on any atom is 0.246 e. The number of sulfonamides is 1. The van der Waals surface area contributed by atoms with Crippen LogP contribution in [0.2, 0.25) is 0 Å². The summed E-state index contributed by atoms with van der Waals surface area (Å²) in [5.74, 6) is 0.595. The van der Waals surface area contributed by atoms with Gasteiger partial charge in [-0.15, -0.1) is 11.6 Å². The lowest BCUT2D eigenvalue weighted by atomic mass is 10.0. The van der Waals surface area contributed by atoms with Crippen molar-refractivity contribution in [2.45, 2.75) is 50.0 Å². The number of alkyl halides is 1. The van der Waals surface area contributed by atoms with Crippen LogP contribution in [0.15, 0.2) is 9.42 Å². The molecule has 0 amide bonds. The molecule has 102 valence electrons. The monoisotopic (exact) mass is 292 g/mol. The summed E-state index contributed by atoms with van der Waals surface area (Å²) < 4.78 is 32.4. The Morgan fingerprint density at radius 2 is 2.00 bits per heavy atom. The zero-order chi connectivity index (χ0) is 13.4. The van der Waals surface area contributed by atoms with Crippen molar-refractivity contribution in [2.24, 2.45) is 0 Å². The molecule has 1 aliphatic rings. The first-order valence-electron chi connectivity index (χ1n) is 5.93. The first-order chi connectivity index (χ1) is 8.40. The summed E-state index contributed by atoms with van der Waals surface area (Å²) in [5.41, 5.74) is -0.140. The van der Waals surface area contributed by atoms with Crippen molar-refractivity contribution in [1.82, 2.24) is 9.88 Å². The fourth-order valence-corrected chi connectivity index (χ4v) is 4.71. The molecule has 0 unspecified atom stereocenters. The molecule has 0 aromatic carbocycles. The number of nitrogens with zero attached hydrogens (tertiary/aromatic N) is 1. The number of halogens is 1. The average Bonchev–Trinajstić information content (AvgIpc) is 2.86. The molecule has 5 nitrogen and oxygen atoms in total. The molecule has 1 aromatic heterocycles. The molecule has 0 radical (unpaired) electrons. The van der Waals surface area contributed by atoms with Crippen molar-refractivity contribution in [3.05, 3.63) is 11.5 Å². The predicted molar refractivity (Wildman–Crippen MR) is 68.2 cm³/mol. The van der Waals surface area contributed by atoms with Gasteiger partial charge in [0.25, 0.3) is 0 Å². The topological polar surface area (TPSA) is 72.2 Å². The van der Waals surface area contributed by atoms with Gasteiger partial charge in [-0.05, 0) is 26.7 Å². The summed E-state index contributed by atoms with van der Waals surface area (Å²) in [4.78, 5) is 0.138. The Labute approximate surface area is 112 Å². The second-order valence-corrected chi connectivity index (χ2v) is 6.77. The van der Waals surface area contributed by atoms with Crippen LogP contribution >= 0.6 is 11.6 Å². The van der Waals surface area contributed by atoms with E-state index in [0.29, 0.717) is 11.5 Å². The third-order valence-corrected chi connectivity index (χ3v) is 5.74. The van der Waals surface area contributed by atoms with Crippen LogP contribution in [0.1, 0.15) is 37.1 Å². The summed E-state index contributed by atoms with van der Waals surface area (Å²) in [7, 11) is -3.62. The molecule has 1 aromatic rings. The van der Waals surface area contributed by atoms with Gasteiger partial charge in [0.2, 0.25) is 10.0 Å². The summed E-state index contributed by atoms with van der Waals surface area (Å²) in [5, 5.41) is 3.68. The van der Waals surface area contributed by atoms with Crippen LogP contribution in [0.5, 0.6) is 0 Å². The zero-order valence-corrected chi connectivity index (χ0v) is 12.1. The van der Waals surface area contributed by atoms with Gasteiger partial charge < -0.3 is 4.52 Å². The molecule has 0 aliphatic heterocycles. The van der Waals surface area contributed by atoms with Gasteiger partial charge in [0.15, 0.2) is 5.76 Å². The molecule has 1 heterocycles. The Bertz CT molecular complexity index is 513. The first-order valence-corrected chi connectivity index (χ1v) is 7.95. The summed E-state index contributed by atoms with van der Waals surface area (Å²) in [6.45, 7) is 3.21. The largest absolute Gasteiger partial charge is 0.360 e. The quantitative estimate of drug-likeness (QED) is 0.863. The van der Waals surface area contributed by atoms with Gasteiger partial charge in [0, 0.05) is 11.4 Å². The predicted octanol–water partition coefficient (Wildman–Crippen LogP) is 2.12. The van der Waals surface area contributed by atoms with E-state index in [0.717, 1.165) is 25.7 Å². The van der Waals surface area contributed by atoms with Gasteiger partial charge in [-0.2, -0.15) is 0 Å². The third-order valence-electron chi connectivity index (χ3n) is 3.40. The maximum atomic E-state index is 12.4. The molecule has 0 bridgehead atoms. The lowest BCUT2D eigenvalue weighted by Crippen LogP contribution is -2.47. The van der Waals surface area contributed by atoms with E-state index in [2.05, 4.69) is 9.88 Å². The number of rotatable bonds is 4. The normalized spacial score (nSPS) is 19.3. The van der Waals surface area contributed by atoms with Crippen LogP contribution in [0, 0.1) is 13.8 Å². The van der Waals surface area contributed by atoms with Crippen molar-refractivity contribution in [3.8, 4) is 0 Å². The van der Waals surface area contributed by atoms with Gasteiger partial charge in [-0.25, -0.2) is 13.1 Å². The number of hydrogen-bond acceptors (Lipinski definition) is 4. The number of aryl methyl sites for hydroxylation is 2. The van der Waals surface area contributed by atoms with E-state index in [1.165, 1.54) is 0 Å². The van der Waals surface area contributed by atoms with E-state index in [9.17, 15) is 8.42 Å². The molecule has 1 saturated carbocycles. The molecule has 0 saturated heterocycles. The van der Waals surface area contributed by atoms with E-state index in [4.69, 9.17) is 16.1 Å². The molecule has 7 heteroatoms. The second-order valence-electron chi connectivity index (χ2n) is 4.88. The Hall–Kier alpha value is -0.590. The highest BCUT2D eigenvalue weighted by Crippen LogP contribution is 2.33. The van der Waals surface area contributed by atoms with Crippen LogP contribution in [0.4, 0.5) is 0 Å². The van der Waals surface area contributed by atoms with Crippen LogP contribution in [-0.2, 0) is 10.0 Å². The van der Waals surface area contributed by atoms with Crippen molar-refractivity contribution in [2.75, 3.05) is 5.88 Å². The van der Waals surface area contributed by atoms with Gasteiger partial charge >= 0.3 is 0 Å². The SMILES string of the molecule is Cc1noc(C)c1S(=O)(=O)NC1(CCl)CCCC1. The van der Waals surface area contributed by atoms with E-state index in [-0.39, 0.29) is 10.8 Å². The summed E-state index contributed by atoms with van der Waals surface area (Å²) in [6, 6.07) is 0. The minimum atomic E-state index is -3.62. The Balaban J connectivity index is 2.33. The molecular formula is C11H17ClN2O3S. The van der Waals surface area contributed by atoms with Crippen LogP contribution < -0.4 is 4.72 Å². The number of nitrogens with one attached hydrogen (secondary N) is 1. The summed E-state index contributed by atoms with van der Waals surface area (Å²) in [6.07, 6.45) is 3.55. The molecule has 1 N–H and O–H groups in total. The fraction of sp³-hybridized carbons (Fsp3) is 0.727. The Morgan fingerprint density at radius 3 is 2.44 bits per heavy atom. The van der Waals surface area contributed by atoms with Gasteiger partial charge in [0.1, 0.15) is 10.6 Å². The van der Waals surface area contributed by atoms with Gasteiger partial charge in [-0.1, -0.05) is 18.0 Å². The number of hydrogen-bond donors (Lipinski definition) is 1. The van der Waals surface area contributed by atoms with Crippen molar-refractivity contribution in [1.29, 1.82) is 0 Å². The minimum absolute atomic E-state index is 0.138. The highest BCUT2D eigenvalue weighted by Gasteiger charge is 2.39. The molecule has 0 atom stereocenters. The van der Waals surface area contributed by atoms with Crippen LogP contribution in [0.3, 0.4) is 0 Å². The lowest BCUT2D eigenvalue weighted by molar-refractivity contribution is 0.390. The molecule has 0 spiro atoms. The molecule has 18 heavy (non-hydrogen) atoms. The minimum Gasteiger partial charge on any atom is -0.360 e. The van der Waals surface area contributed by atoms with E-state index in [1.807, 2.05) is 0 Å². The zero-order valence-electron chi connectivity index (χ0n) is 10.5. The average molecular weight is 293 g/mol. The fourth-order valence-electron chi connectivity index (χ4n) is 2.51. The van der Waals surface area contributed by atoms with Crippen LogP contribution in [0.25, 0.3) is 0 Å². The van der Waals surface area contributed by atoms with Crippen molar-refractivity contribution >= 4 is 21.6 Å². The Kier molecular flexibility index (Phi) is 3.71. The third kappa shape index (κ3) is 2.41. The van der Waals surface area contributed by atoms with Crippen LogP contribution in [-0.4, -0.2) is 25.0 Å². The van der Waals surface area contributed by atoms with E-state index < -0.39 is 15.6 Å². The smallest absolute Gasteiger partial charge is 0.246 e. The van der Waals surface area contributed by atoms with Crippen molar-refractivity contribution in [3.63, 3.8) is 0 Å². The highest BCUT2D eigenvalue weighted by atomic mass is 35.5. The summed E-state index contributed by atoms with van der Waals surface area (Å²) >= 11 is 5.95. The molecule has 1 fully saturated rings. The molecule has 2 rings (SSSR count). The standard InChI is InChI=1S/C11H17ClN2O3S/c1-8-10(9(2)17-13-8)18(15,16)14-11(7-12)5-3-4-6-11/h14H,3-7H2,1-2H3. The van der Waals surface area contributed by atoms with Gasteiger partial charge in [-0.3, -0.25) is 0 Å². The van der Waals surface area contributed by atoms with Gasteiger partial charge in [0.05, 0.1) is 0 Å². The molecule has 1 aliphatic carbocycles. The first kappa shape index (κ1) is 13.8. The highest BCUT2D eigenvalue weighted by molar-refractivity contribution is 7.89.